The van der Waals surface area contributed by atoms with Crippen LogP contribution in [-0.4, -0.2) is 63.9 Å². The van der Waals surface area contributed by atoms with Gasteiger partial charge in [-0.25, -0.2) is 0 Å². The second kappa shape index (κ2) is 18.1. The van der Waals surface area contributed by atoms with Gasteiger partial charge in [0.15, 0.2) is 11.5 Å². The molecule has 0 spiro atoms. The van der Waals surface area contributed by atoms with Gasteiger partial charge in [-0.3, -0.25) is 0 Å². The molecule has 3 rings (SSSR count). The Kier molecular flexibility index (Phi) is 16.4. The van der Waals surface area contributed by atoms with E-state index in [1.54, 1.807) is 24.3 Å². The van der Waals surface area contributed by atoms with E-state index in [1.807, 2.05) is 18.2 Å². The van der Waals surface area contributed by atoms with Crippen molar-refractivity contribution in [3.63, 3.8) is 0 Å². The Balaban J connectivity index is 0.00000324. The van der Waals surface area contributed by atoms with Gasteiger partial charge in [-0.1, -0.05) is 44.4 Å². The largest absolute Gasteiger partial charge is 0.508 e. The van der Waals surface area contributed by atoms with Crippen molar-refractivity contribution >= 4 is 34.0 Å². The third-order valence-corrected chi connectivity index (χ3v) is 7.16. The molecule has 1 heterocycles. The lowest BCUT2D eigenvalue weighted by Crippen LogP contribution is -2.32. The maximum absolute atomic E-state index is 9.78. The molecule has 2 aromatic carbocycles. The van der Waals surface area contributed by atoms with Gasteiger partial charge in [-0.2, -0.15) is 0 Å². The van der Waals surface area contributed by atoms with Crippen molar-refractivity contribution in [1.29, 1.82) is 0 Å². The van der Waals surface area contributed by atoms with Crippen molar-refractivity contribution in [2.45, 2.75) is 77.2 Å². The van der Waals surface area contributed by atoms with Crippen LogP contribution in [0.15, 0.2) is 42.5 Å². The maximum atomic E-state index is 9.78. The van der Waals surface area contributed by atoms with Crippen molar-refractivity contribution < 1.29 is 15.3 Å². The highest BCUT2D eigenvalue weighted by molar-refractivity contribution is 8.93. The Morgan fingerprint density at radius 2 is 1.50 bits per heavy atom. The fourth-order valence-electron chi connectivity index (χ4n) is 5.06. The summed E-state index contributed by atoms with van der Waals surface area (Å²) in [5, 5.41) is 28.8. The van der Waals surface area contributed by atoms with E-state index in [9.17, 15) is 15.3 Å². The Labute approximate surface area is 239 Å². The summed E-state index contributed by atoms with van der Waals surface area (Å²) >= 11 is 0. The van der Waals surface area contributed by atoms with Gasteiger partial charge in [0.05, 0.1) is 0 Å². The molecule has 2 aromatic rings. The van der Waals surface area contributed by atoms with Crippen LogP contribution in [0.4, 0.5) is 0 Å². The molecule has 1 unspecified atom stereocenters. The minimum absolute atomic E-state index is 0. The molecule has 0 bridgehead atoms. The number of halogens is 2. The quantitative estimate of drug-likeness (QED) is 0.148. The van der Waals surface area contributed by atoms with Gasteiger partial charge in [0.25, 0.3) is 0 Å². The first-order valence-electron chi connectivity index (χ1n) is 13.3. The molecular weight excluding hydrogens is 584 g/mol. The first kappa shape index (κ1) is 32.7. The van der Waals surface area contributed by atoms with Crippen LogP contribution >= 0.6 is 34.0 Å². The summed E-state index contributed by atoms with van der Waals surface area (Å²) in [7, 11) is 0. The minimum Gasteiger partial charge on any atom is -0.508 e. The fourth-order valence-corrected chi connectivity index (χ4v) is 5.06. The standard InChI is InChI=1S/C29H44N2O3.2BrH/c1-2-3-17-30(21-16-24-10-13-27(32)14-11-24)18-6-4-5-7-19-31-20-8-9-26(31)22-25-12-15-28(33)29(34)23-25;;/h10-15,23,26,32-34H,2-9,16-22H2,1H3;2*1H. The first-order valence-corrected chi connectivity index (χ1v) is 13.3. The summed E-state index contributed by atoms with van der Waals surface area (Å²) < 4.78 is 0. The van der Waals surface area contributed by atoms with Gasteiger partial charge >= 0.3 is 0 Å². The third-order valence-electron chi connectivity index (χ3n) is 7.16. The zero-order valence-corrected chi connectivity index (χ0v) is 25.2. The average molecular weight is 631 g/mol. The molecule has 0 radical (unpaired) electrons. The topological polar surface area (TPSA) is 67.2 Å². The van der Waals surface area contributed by atoms with E-state index < -0.39 is 0 Å². The van der Waals surface area contributed by atoms with Crippen LogP contribution in [0.2, 0.25) is 0 Å². The molecular formula is C29H46Br2N2O3. The van der Waals surface area contributed by atoms with Crippen LogP contribution in [0.3, 0.4) is 0 Å². The Morgan fingerprint density at radius 1 is 0.806 bits per heavy atom. The van der Waals surface area contributed by atoms with Gasteiger partial charge in [0.2, 0.25) is 0 Å². The number of unbranched alkanes of at least 4 members (excludes halogenated alkanes) is 4. The molecule has 7 heteroatoms. The summed E-state index contributed by atoms with van der Waals surface area (Å²) in [6.45, 7) is 8.04. The molecule has 5 nitrogen and oxygen atoms in total. The molecule has 1 aliphatic rings. The van der Waals surface area contributed by atoms with Crippen LogP contribution in [0, 0.1) is 0 Å². The number of phenols is 3. The summed E-state index contributed by atoms with van der Waals surface area (Å²) in [5.74, 6) is 0.283. The minimum atomic E-state index is -0.0411. The highest BCUT2D eigenvalue weighted by Gasteiger charge is 2.24. The van der Waals surface area contributed by atoms with E-state index in [1.165, 1.54) is 76.6 Å². The molecule has 1 saturated heterocycles. The second-order valence-electron chi connectivity index (χ2n) is 9.89. The van der Waals surface area contributed by atoms with Crippen molar-refractivity contribution in [3.05, 3.63) is 53.6 Å². The molecule has 1 fully saturated rings. The molecule has 1 atom stereocenters. The molecule has 0 aliphatic carbocycles. The van der Waals surface area contributed by atoms with E-state index in [4.69, 9.17) is 0 Å². The van der Waals surface area contributed by atoms with Crippen LogP contribution < -0.4 is 0 Å². The molecule has 1 aliphatic heterocycles. The number of aromatic hydroxyl groups is 3. The molecule has 0 saturated carbocycles. The lowest BCUT2D eigenvalue weighted by atomic mass is 10.0. The Hall–Kier alpha value is -1.28. The van der Waals surface area contributed by atoms with Crippen molar-refractivity contribution in [2.75, 3.05) is 32.7 Å². The maximum Gasteiger partial charge on any atom is 0.157 e. The summed E-state index contributed by atoms with van der Waals surface area (Å²) in [4.78, 5) is 5.23. The SMILES string of the molecule is Br.Br.CCCCN(CCCCCCN1CCCC1Cc1ccc(O)c(O)c1)CCc1ccc(O)cc1. The van der Waals surface area contributed by atoms with Crippen LogP contribution in [-0.2, 0) is 12.8 Å². The number of phenolic OH excluding ortho intramolecular Hbond substituents is 3. The normalized spacial score (nSPS) is 15.6. The molecule has 204 valence electrons. The zero-order valence-electron chi connectivity index (χ0n) is 21.8. The zero-order chi connectivity index (χ0) is 24.2. The van der Waals surface area contributed by atoms with E-state index in [0.29, 0.717) is 11.8 Å². The highest BCUT2D eigenvalue weighted by Crippen LogP contribution is 2.28. The molecule has 0 aromatic heterocycles. The van der Waals surface area contributed by atoms with Gasteiger partial charge < -0.3 is 25.1 Å². The predicted octanol–water partition coefficient (Wildman–Crippen LogP) is 6.87. The molecule has 0 amide bonds. The van der Waals surface area contributed by atoms with E-state index in [2.05, 4.69) is 16.7 Å². The van der Waals surface area contributed by atoms with Crippen LogP contribution in [0.25, 0.3) is 0 Å². The smallest absolute Gasteiger partial charge is 0.157 e. The number of rotatable bonds is 15. The number of nitrogens with zero attached hydrogens (tertiary/aromatic N) is 2. The fraction of sp³-hybridized carbons (Fsp3) is 0.586. The Morgan fingerprint density at radius 3 is 2.22 bits per heavy atom. The lowest BCUT2D eigenvalue weighted by Gasteiger charge is -2.25. The summed E-state index contributed by atoms with van der Waals surface area (Å²) in [6.07, 6.45) is 12.0. The Bertz CT molecular complexity index is 851. The van der Waals surface area contributed by atoms with Crippen molar-refractivity contribution in [3.8, 4) is 17.2 Å². The van der Waals surface area contributed by atoms with E-state index in [-0.39, 0.29) is 45.5 Å². The van der Waals surface area contributed by atoms with Crippen LogP contribution in [0.1, 0.15) is 69.4 Å². The van der Waals surface area contributed by atoms with E-state index in [0.717, 1.165) is 31.5 Å². The second-order valence-corrected chi connectivity index (χ2v) is 9.89. The number of benzene rings is 2. The van der Waals surface area contributed by atoms with Gasteiger partial charge in [-0.05, 0) is 107 Å². The molecule has 36 heavy (non-hydrogen) atoms. The monoisotopic (exact) mass is 628 g/mol. The van der Waals surface area contributed by atoms with E-state index >= 15 is 0 Å². The summed E-state index contributed by atoms with van der Waals surface area (Å²) in [6, 6.07) is 13.4. The number of likely N-dealkylation sites (tertiary alicyclic amines) is 1. The lowest BCUT2D eigenvalue weighted by molar-refractivity contribution is 0.242. The summed E-state index contributed by atoms with van der Waals surface area (Å²) in [5.41, 5.74) is 2.40. The van der Waals surface area contributed by atoms with Crippen molar-refractivity contribution in [1.82, 2.24) is 9.80 Å². The van der Waals surface area contributed by atoms with Gasteiger partial charge in [-0.15, -0.1) is 34.0 Å². The van der Waals surface area contributed by atoms with Gasteiger partial charge in [0.1, 0.15) is 5.75 Å². The average Bonchev–Trinajstić information content (AvgIpc) is 3.27. The number of hydrogen-bond donors (Lipinski definition) is 3. The van der Waals surface area contributed by atoms with Crippen molar-refractivity contribution in [2.24, 2.45) is 0 Å². The van der Waals surface area contributed by atoms with Crippen LogP contribution in [0.5, 0.6) is 17.2 Å². The predicted molar refractivity (Wildman–Crippen MR) is 160 cm³/mol. The molecule has 3 N–H and O–H groups in total. The van der Waals surface area contributed by atoms with Gasteiger partial charge in [0, 0.05) is 12.6 Å². The first-order chi connectivity index (χ1) is 16.5. The third kappa shape index (κ3) is 11.4. The number of hydrogen-bond acceptors (Lipinski definition) is 5. The highest BCUT2D eigenvalue weighted by atomic mass is 79.9.